The van der Waals surface area contributed by atoms with E-state index in [1.807, 2.05) is 37.3 Å². The summed E-state index contributed by atoms with van der Waals surface area (Å²) in [6, 6.07) is 11.2. The van der Waals surface area contributed by atoms with Crippen LogP contribution in [0.25, 0.3) is 11.0 Å². The van der Waals surface area contributed by atoms with Crippen molar-refractivity contribution in [1.29, 1.82) is 0 Å². The molecule has 3 aromatic rings. The number of pyridine rings is 1. The molecule has 0 radical (unpaired) electrons. The molecule has 0 spiro atoms. The number of rotatable bonds is 8. The van der Waals surface area contributed by atoms with E-state index in [0.717, 1.165) is 16.6 Å². The van der Waals surface area contributed by atoms with Gasteiger partial charge in [0.15, 0.2) is 5.65 Å². The highest BCUT2D eigenvalue weighted by molar-refractivity contribution is 5.98. The molecule has 2 N–H and O–H groups in total. The van der Waals surface area contributed by atoms with Gasteiger partial charge in [-0.25, -0.2) is 9.67 Å². The summed E-state index contributed by atoms with van der Waals surface area (Å²) in [5, 5.41) is 17.1. The quantitative estimate of drug-likeness (QED) is 0.626. The van der Waals surface area contributed by atoms with Crippen LogP contribution >= 0.6 is 0 Å². The number of hydrogen-bond donors (Lipinski definition) is 2. The number of carboxylic acid groups (broad SMARTS) is 1. The predicted molar refractivity (Wildman–Crippen MR) is 106 cm³/mol. The minimum atomic E-state index is -0.876. The minimum Gasteiger partial charge on any atom is -0.481 e. The van der Waals surface area contributed by atoms with Crippen molar-refractivity contribution in [2.24, 2.45) is 0 Å². The number of aliphatic carboxylic acids is 1. The Morgan fingerprint density at radius 3 is 2.68 bits per heavy atom. The summed E-state index contributed by atoms with van der Waals surface area (Å²) in [5.74, 6) is -1.12. The van der Waals surface area contributed by atoms with Gasteiger partial charge in [0.05, 0.1) is 17.5 Å². The smallest absolute Gasteiger partial charge is 0.303 e. The summed E-state index contributed by atoms with van der Waals surface area (Å²) in [6.07, 6.45) is 2.63. The van der Waals surface area contributed by atoms with Gasteiger partial charge in [0.1, 0.15) is 0 Å². The summed E-state index contributed by atoms with van der Waals surface area (Å²) >= 11 is 0. The van der Waals surface area contributed by atoms with Crippen LogP contribution in [0.4, 0.5) is 0 Å². The van der Waals surface area contributed by atoms with Crippen molar-refractivity contribution < 1.29 is 14.7 Å². The highest BCUT2D eigenvalue weighted by Crippen LogP contribution is 2.17. The fraction of sp³-hybridized carbons (Fsp3) is 0.333. The number of aryl methyl sites for hydroxylation is 2. The molecule has 28 heavy (non-hydrogen) atoms. The van der Waals surface area contributed by atoms with E-state index < -0.39 is 5.97 Å². The average Bonchev–Trinajstić information content (AvgIpc) is 3.08. The molecule has 0 fully saturated rings. The first-order chi connectivity index (χ1) is 13.5. The fourth-order valence-electron chi connectivity index (χ4n) is 3.24. The van der Waals surface area contributed by atoms with Crippen LogP contribution in [0.15, 0.2) is 42.6 Å². The van der Waals surface area contributed by atoms with Crippen molar-refractivity contribution in [3.8, 4) is 0 Å². The molecule has 0 saturated heterocycles. The first kappa shape index (κ1) is 19.5. The molecule has 1 atom stereocenters. The zero-order chi connectivity index (χ0) is 20.1. The van der Waals surface area contributed by atoms with E-state index in [2.05, 4.69) is 15.4 Å². The molecule has 146 valence electrons. The maximum atomic E-state index is 12.9. The van der Waals surface area contributed by atoms with Gasteiger partial charge in [-0.2, -0.15) is 5.10 Å². The maximum absolute atomic E-state index is 12.9. The van der Waals surface area contributed by atoms with Gasteiger partial charge in [0, 0.05) is 24.4 Å². The molecule has 2 heterocycles. The van der Waals surface area contributed by atoms with E-state index in [0.29, 0.717) is 30.6 Å². The van der Waals surface area contributed by atoms with Crippen LogP contribution in [-0.4, -0.2) is 37.8 Å². The van der Waals surface area contributed by atoms with Gasteiger partial charge in [-0.15, -0.1) is 0 Å². The van der Waals surface area contributed by atoms with Gasteiger partial charge < -0.3 is 10.4 Å². The number of carboxylic acids is 1. The Hall–Kier alpha value is -3.22. The van der Waals surface area contributed by atoms with Gasteiger partial charge >= 0.3 is 5.97 Å². The largest absolute Gasteiger partial charge is 0.481 e. The number of amides is 1. The van der Waals surface area contributed by atoms with Gasteiger partial charge in [-0.3, -0.25) is 9.59 Å². The van der Waals surface area contributed by atoms with E-state index in [4.69, 9.17) is 5.11 Å². The molecule has 0 saturated carbocycles. The molecule has 0 aliphatic rings. The third kappa shape index (κ3) is 4.54. The van der Waals surface area contributed by atoms with Crippen molar-refractivity contribution in [2.45, 2.75) is 45.7 Å². The van der Waals surface area contributed by atoms with Gasteiger partial charge in [-0.1, -0.05) is 30.3 Å². The Morgan fingerprint density at radius 1 is 1.25 bits per heavy atom. The normalized spacial score (nSPS) is 12.1. The lowest BCUT2D eigenvalue weighted by molar-refractivity contribution is -0.137. The van der Waals surface area contributed by atoms with Gasteiger partial charge in [0.25, 0.3) is 5.91 Å². The van der Waals surface area contributed by atoms with Crippen LogP contribution in [-0.2, 0) is 17.8 Å². The third-order valence-electron chi connectivity index (χ3n) is 4.71. The summed E-state index contributed by atoms with van der Waals surface area (Å²) in [4.78, 5) is 28.5. The molecule has 0 bridgehead atoms. The molecule has 3 rings (SSSR count). The molecule has 2 aromatic heterocycles. The average molecular weight is 380 g/mol. The fourth-order valence-corrected chi connectivity index (χ4v) is 3.24. The molecule has 1 unspecified atom stereocenters. The lowest BCUT2D eigenvalue weighted by Gasteiger charge is -2.19. The van der Waals surface area contributed by atoms with Crippen LogP contribution < -0.4 is 5.32 Å². The number of carbonyl (C=O) groups excluding carboxylic acids is 1. The summed E-state index contributed by atoms with van der Waals surface area (Å²) in [7, 11) is 0. The van der Waals surface area contributed by atoms with E-state index in [9.17, 15) is 9.59 Å². The maximum Gasteiger partial charge on any atom is 0.303 e. The highest BCUT2D eigenvalue weighted by Gasteiger charge is 2.19. The van der Waals surface area contributed by atoms with Crippen LogP contribution in [0.5, 0.6) is 0 Å². The Bertz CT molecular complexity index is 982. The number of nitrogens with one attached hydrogen (secondary N) is 1. The summed E-state index contributed by atoms with van der Waals surface area (Å²) in [6.45, 7) is 4.49. The van der Waals surface area contributed by atoms with Crippen LogP contribution in [0.2, 0.25) is 0 Å². The number of benzene rings is 1. The minimum absolute atomic E-state index is 0.00266. The molecular formula is C21H24N4O3. The number of aromatic nitrogens is 3. The van der Waals surface area contributed by atoms with E-state index in [1.165, 1.54) is 0 Å². The monoisotopic (exact) mass is 380 g/mol. The zero-order valence-electron chi connectivity index (χ0n) is 16.1. The van der Waals surface area contributed by atoms with Crippen molar-refractivity contribution in [3.63, 3.8) is 0 Å². The second-order valence-corrected chi connectivity index (χ2v) is 6.79. The van der Waals surface area contributed by atoms with Crippen molar-refractivity contribution >= 4 is 22.9 Å². The second-order valence-electron chi connectivity index (χ2n) is 6.79. The first-order valence-corrected chi connectivity index (χ1v) is 9.37. The second kappa shape index (κ2) is 8.65. The SMILES string of the molecule is CCn1ncc2cc(C(=O)NC(CCC(=O)O)Cc3ccccc3)c(C)nc21. The van der Waals surface area contributed by atoms with Crippen molar-refractivity contribution in [1.82, 2.24) is 20.1 Å². The zero-order valence-corrected chi connectivity index (χ0v) is 16.1. The molecule has 0 aliphatic carbocycles. The van der Waals surface area contributed by atoms with Crippen molar-refractivity contribution in [2.75, 3.05) is 0 Å². The number of fused-ring (bicyclic) bond motifs is 1. The summed E-state index contributed by atoms with van der Waals surface area (Å²) < 4.78 is 1.79. The van der Waals surface area contributed by atoms with Crippen molar-refractivity contribution in [3.05, 3.63) is 59.4 Å². The molecule has 1 amide bonds. The van der Waals surface area contributed by atoms with E-state index in [-0.39, 0.29) is 18.4 Å². The third-order valence-corrected chi connectivity index (χ3v) is 4.71. The number of nitrogens with zero attached hydrogens (tertiary/aromatic N) is 3. The molecular weight excluding hydrogens is 356 g/mol. The standard InChI is InChI=1S/C21H24N4O3/c1-3-25-20-16(13-22-25)12-18(14(2)23-20)21(28)24-17(9-10-19(26)27)11-15-7-5-4-6-8-15/h4-8,12-13,17H,3,9-11H2,1-2H3,(H,24,28)(H,26,27). The highest BCUT2D eigenvalue weighted by atomic mass is 16.4. The van der Waals surface area contributed by atoms with Crippen LogP contribution in [0.1, 0.15) is 41.4 Å². The van der Waals surface area contributed by atoms with E-state index >= 15 is 0 Å². The Labute approximate surface area is 163 Å². The lowest BCUT2D eigenvalue weighted by atomic mass is 10.0. The predicted octanol–water partition coefficient (Wildman–Crippen LogP) is 2.97. The molecule has 0 aliphatic heterocycles. The summed E-state index contributed by atoms with van der Waals surface area (Å²) in [5.41, 5.74) is 2.91. The molecule has 7 heteroatoms. The van der Waals surface area contributed by atoms with Gasteiger partial charge in [-0.05, 0) is 38.3 Å². The van der Waals surface area contributed by atoms with Gasteiger partial charge in [0.2, 0.25) is 0 Å². The Kier molecular flexibility index (Phi) is 6.03. The Balaban J connectivity index is 1.81. The Morgan fingerprint density at radius 2 is 2.00 bits per heavy atom. The van der Waals surface area contributed by atoms with E-state index in [1.54, 1.807) is 23.9 Å². The topological polar surface area (TPSA) is 97.1 Å². The molecule has 1 aromatic carbocycles. The molecule has 7 nitrogen and oxygen atoms in total. The van der Waals surface area contributed by atoms with Crippen LogP contribution in [0.3, 0.4) is 0 Å². The first-order valence-electron chi connectivity index (χ1n) is 9.37. The number of hydrogen-bond acceptors (Lipinski definition) is 4. The lowest BCUT2D eigenvalue weighted by Crippen LogP contribution is -2.37. The van der Waals surface area contributed by atoms with Crippen LogP contribution in [0, 0.1) is 6.92 Å². The number of carbonyl (C=O) groups is 2.